The standard InChI is InChI=1S/C15H22N2O2/c1-14(2)11-5-6-17(4)12(18)8-15(11,3)7-10(9-16)13(14)19/h11,19H,5-8H2,1-4H3/t11-,15+/m0/s1. The molecule has 4 heteroatoms. The van der Waals surface area contributed by atoms with Gasteiger partial charge >= 0.3 is 0 Å². The number of aliphatic hydroxyl groups is 1. The fourth-order valence-corrected chi connectivity index (χ4v) is 3.95. The fourth-order valence-electron chi connectivity index (χ4n) is 3.95. The van der Waals surface area contributed by atoms with Gasteiger partial charge in [0.1, 0.15) is 5.76 Å². The zero-order chi connectivity index (χ0) is 14.4. The summed E-state index contributed by atoms with van der Waals surface area (Å²) in [5.41, 5.74) is -0.229. The highest BCUT2D eigenvalue weighted by Crippen LogP contribution is 2.56. The number of carbonyl (C=O) groups excluding carboxylic acids is 1. The van der Waals surface area contributed by atoms with E-state index in [1.807, 2.05) is 20.9 Å². The number of nitriles is 1. The maximum atomic E-state index is 12.1. The van der Waals surface area contributed by atoms with Crippen LogP contribution in [-0.2, 0) is 4.79 Å². The molecule has 0 aromatic rings. The van der Waals surface area contributed by atoms with Crippen molar-refractivity contribution in [1.82, 2.24) is 4.90 Å². The van der Waals surface area contributed by atoms with Crippen molar-refractivity contribution in [2.75, 3.05) is 13.6 Å². The molecule has 104 valence electrons. The lowest BCUT2D eigenvalue weighted by Gasteiger charge is -2.48. The first-order valence-electron chi connectivity index (χ1n) is 6.79. The molecule has 0 spiro atoms. The normalized spacial score (nSPS) is 34.6. The highest BCUT2D eigenvalue weighted by Gasteiger charge is 2.52. The van der Waals surface area contributed by atoms with Crippen molar-refractivity contribution in [3.05, 3.63) is 11.3 Å². The summed E-state index contributed by atoms with van der Waals surface area (Å²) in [6, 6.07) is 2.12. The summed E-state index contributed by atoms with van der Waals surface area (Å²) in [5.74, 6) is 0.569. The van der Waals surface area contributed by atoms with E-state index in [1.54, 1.807) is 4.90 Å². The van der Waals surface area contributed by atoms with E-state index in [0.29, 0.717) is 18.4 Å². The number of likely N-dealkylation sites (tertiary alicyclic amines) is 1. The van der Waals surface area contributed by atoms with Crippen LogP contribution < -0.4 is 0 Å². The van der Waals surface area contributed by atoms with Gasteiger partial charge in [-0.15, -0.1) is 0 Å². The summed E-state index contributed by atoms with van der Waals surface area (Å²) in [7, 11) is 1.83. The Balaban J connectivity index is 2.50. The summed E-state index contributed by atoms with van der Waals surface area (Å²) >= 11 is 0. The quantitative estimate of drug-likeness (QED) is 0.730. The average Bonchev–Trinajstić information content (AvgIpc) is 2.43. The molecule has 1 heterocycles. The van der Waals surface area contributed by atoms with Gasteiger partial charge in [-0.3, -0.25) is 4.79 Å². The molecule has 0 aromatic heterocycles. The first-order chi connectivity index (χ1) is 8.72. The second-order valence-corrected chi connectivity index (χ2v) is 6.82. The van der Waals surface area contributed by atoms with Crippen LogP contribution in [0, 0.1) is 28.1 Å². The van der Waals surface area contributed by atoms with Crippen LogP contribution in [0.3, 0.4) is 0 Å². The number of hydrogen-bond acceptors (Lipinski definition) is 3. The molecule has 1 aliphatic heterocycles. The number of allylic oxidation sites excluding steroid dienone is 2. The van der Waals surface area contributed by atoms with Gasteiger partial charge in [-0.25, -0.2) is 0 Å². The monoisotopic (exact) mass is 262 g/mol. The van der Waals surface area contributed by atoms with Crippen molar-refractivity contribution in [3.63, 3.8) is 0 Å². The average molecular weight is 262 g/mol. The minimum atomic E-state index is -0.441. The van der Waals surface area contributed by atoms with Gasteiger partial charge in [0.2, 0.25) is 5.91 Å². The molecule has 1 N–H and O–H groups in total. The summed E-state index contributed by atoms with van der Waals surface area (Å²) in [4.78, 5) is 13.9. The molecule has 0 bridgehead atoms. The molecule has 0 radical (unpaired) electrons. The van der Waals surface area contributed by atoms with Gasteiger partial charge in [-0.2, -0.15) is 5.26 Å². The lowest BCUT2D eigenvalue weighted by Crippen LogP contribution is -2.44. The van der Waals surface area contributed by atoms with Crippen LogP contribution in [0.5, 0.6) is 0 Å². The third-order valence-corrected chi connectivity index (χ3v) is 5.06. The molecule has 2 rings (SSSR count). The highest BCUT2D eigenvalue weighted by atomic mass is 16.3. The number of carbonyl (C=O) groups is 1. The Hall–Kier alpha value is -1.50. The molecule has 0 saturated carbocycles. The van der Waals surface area contributed by atoms with E-state index in [4.69, 9.17) is 0 Å². The van der Waals surface area contributed by atoms with E-state index in [1.165, 1.54) is 0 Å². The molecule has 2 aliphatic rings. The summed E-state index contributed by atoms with van der Waals surface area (Å²) in [6.45, 7) is 6.77. The number of nitrogens with zero attached hydrogens (tertiary/aromatic N) is 2. The molecule has 19 heavy (non-hydrogen) atoms. The van der Waals surface area contributed by atoms with Crippen molar-refractivity contribution in [1.29, 1.82) is 5.26 Å². The van der Waals surface area contributed by atoms with Crippen LogP contribution in [0.25, 0.3) is 0 Å². The molecule has 4 nitrogen and oxygen atoms in total. The molecule has 2 atom stereocenters. The van der Waals surface area contributed by atoms with E-state index in [9.17, 15) is 15.2 Å². The molecular formula is C15H22N2O2. The van der Waals surface area contributed by atoms with Gasteiger partial charge in [0.05, 0.1) is 11.6 Å². The minimum Gasteiger partial charge on any atom is -0.511 e. The summed E-state index contributed by atoms with van der Waals surface area (Å²) in [6.07, 6.45) is 1.83. The first-order valence-corrected chi connectivity index (χ1v) is 6.79. The topological polar surface area (TPSA) is 64.3 Å². The Labute approximate surface area is 114 Å². The number of rotatable bonds is 0. The number of amides is 1. The molecule has 1 fully saturated rings. The van der Waals surface area contributed by atoms with Gasteiger partial charge < -0.3 is 10.0 Å². The van der Waals surface area contributed by atoms with Gasteiger partial charge in [-0.1, -0.05) is 20.8 Å². The Kier molecular flexibility index (Phi) is 3.12. The number of aliphatic hydroxyl groups excluding tert-OH is 1. The zero-order valence-electron chi connectivity index (χ0n) is 12.2. The Bertz CT molecular complexity index is 487. The maximum Gasteiger partial charge on any atom is 0.222 e. The van der Waals surface area contributed by atoms with E-state index in [-0.39, 0.29) is 23.0 Å². The van der Waals surface area contributed by atoms with Crippen molar-refractivity contribution < 1.29 is 9.90 Å². The van der Waals surface area contributed by atoms with Crippen molar-refractivity contribution >= 4 is 5.91 Å². The van der Waals surface area contributed by atoms with E-state index < -0.39 is 5.41 Å². The molecule has 0 aromatic carbocycles. The van der Waals surface area contributed by atoms with Gasteiger partial charge in [0.25, 0.3) is 0 Å². The van der Waals surface area contributed by atoms with Crippen LogP contribution in [0.15, 0.2) is 11.3 Å². The lowest BCUT2D eigenvalue weighted by atomic mass is 9.55. The highest BCUT2D eigenvalue weighted by molar-refractivity contribution is 5.77. The number of fused-ring (bicyclic) bond motifs is 1. The second kappa shape index (κ2) is 4.26. The predicted octanol–water partition coefficient (Wildman–Crippen LogP) is 2.63. The Morgan fingerprint density at radius 2 is 2.00 bits per heavy atom. The largest absolute Gasteiger partial charge is 0.511 e. The third kappa shape index (κ3) is 2.01. The van der Waals surface area contributed by atoms with Gasteiger partial charge in [-0.05, 0) is 24.2 Å². The minimum absolute atomic E-state index is 0.138. The molecule has 1 aliphatic carbocycles. The lowest BCUT2D eigenvalue weighted by molar-refractivity contribution is -0.131. The Morgan fingerprint density at radius 3 is 2.58 bits per heavy atom. The van der Waals surface area contributed by atoms with Crippen LogP contribution in [-0.4, -0.2) is 29.5 Å². The second-order valence-electron chi connectivity index (χ2n) is 6.82. The fraction of sp³-hybridized carbons (Fsp3) is 0.733. The van der Waals surface area contributed by atoms with E-state index in [0.717, 1.165) is 13.0 Å². The summed E-state index contributed by atoms with van der Waals surface area (Å²) < 4.78 is 0. The smallest absolute Gasteiger partial charge is 0.222 e. The van der Waals surface area contributed by atoms with Crippen LogP contribution >= 0.6 is 0 Å². The van der Waals surface area contributed by atoms with E-state index >= 15 is 0 Å². The van der Waals surface area contributed by atoms with Crippen LogP contribution in [0.2, 0.25) is 0 Å². The zero-order valence-corrected chi connectivity index (χ0v) is 12.2. The maximum absolute atomic E-state index is 12.1. The molecule has 1 saturated heterocycles. The van der Waals surface area contributed by atoms with E-state index in [2.05, 4.69) is 13.0 Å². The summed E-state index contributed by atoms with van der Waals surface area (Å²) in [5, 5.41) is 19.6. The first kappa shape index (κ1) is 13.9. The third-order valence-electron chi connectivity index (χ3n) is 5.06. The number of hydrogen-bond donors (Lipinski definition) is 1. The SMILES string of the molecule is CN1CC[C@H]2C(C)(C)C(O)=C(C#N)C[C@]2(C)CC1=O. The van der Waals surface area contributed by atoms with Crippen molar-refractivity contribution in [2.45, 2.75) is 40.0 Å². The molecule has 1 amide bonds. The van der Waals surface area contributed by atoms with Gasteiger partial charge in [0, 0.05) is 25.4 Å². The van der Waals surface area contributed by atoms with Crippen LogP contribution in [0.1, 0.15) is 40.0 Å². The predicted molar refractivity (Wildman–Crippen MR) is 72.1 cm³/mol. The van der Waals surface area contributed by atoms with Crippen LogP contribution in [0.4, 0.5) is 0 Å². The Morgan fingerprint density at radius 1 is 1.37 bits per heavy atom. The van der Waals surface area contributed by atoms with Crippen molar-refractivity contribution in [3.8, 4) is 6.07 Å². The van der Waals surface area contributed by atoms with Crippen molar-refractivity contribution in [2.24, 2.45) is 16.7 Å². The molecular weight excluding hydrogens is 240 g/mol. The molecule has 0 unspecified atom stereocenters. The van der Waals surface area contributed by atoms with Gasteiger partial charge in [0.15, 0.2) is 0 Å².